The normalized spacial score (nSPS) is 19.2. The van der Waals surface area contributed by atoms with Crippen LogP contribution in [0.4, 0.5) is 0 Å². The molecule has 0 spiro atoms. The molecule has 3 rings (SSSR count). The Bertz CT molecular complexity index is 868. The van der Waals surface area contributed by atoms with Crippen molar-refractivity contribution in [3.05, 3.63) is 65.7 Å². The molecule has 1 aliphatic rings. The van der Waals surface area contributed by atoms with Gasteiger partial charge in [0.05, 0.1) is 11.5 Å². The van der Waals surface area contributed by atoms with Gasteiger partial charge in [-0.3, -0.25) is 4.79 Å². The minimum atomic E-state index is -2.97. The highest BCUT2D eigenvalue weighted by Gasteiger charge is 2.30. The molecule has 2 aromatic rings. The van der Waals surface area contributed by atoms with Gasteiger partial charge in [0, 0.05) is 11.8 Å². The highest BCUT2D eigenvalue weighted by molar-refractivity contribution is 7.91. The number of carbonyl (C=O) groups is 1. The summed E-state index contributed by atoms with van der Waals surface area (Å²) in [5.74, 6) is 0.259. The van der Waals surface area contributed by atoms with Gasteiger partial charge < -0.3 is 4.74 Å². The zero-order valence-corrected chi connectivity index (χ0v) is 16.0. The van der Waals surface area contributed by atoms with Crippen molar-refractivity contribution < 1.29 is 17.9 Å². The zero-order chi connectivity index (χ0) is 18.8. The molecule has 0 amide bonds. The van der Waals surface area contributed by atoms with E-state index in [1.165, 1.54) is 5.56 Å². The molecule has 1 atom stereocenters. The minimum Gasteiger partial charge on any atom is -0.427 e. The van der Waals surface area contributed by atoms with E-state index in [0.29, 0.717) is 12.2 Å². The Morgan fingerprint density at radius 2 is 1.65 bits per heavy atom. The Labute approximate surface area is 155 Å². The minimum absolute atomic E-state index is 0.0896. The topological polar surface area (TPSA) is 60.4 Å². The summed E-state index contributed by atoms with van der Waals surface area (Å²) in [6, 6.07) is 17.8. The summed E-state index contributed by atoms with van der Waals surface area (Å²) in [6.45, 7) is 4.31. The second-order valence-electron chi connectivity index (χ2n) is 7.46. The molecule has 0 radical (unpaired) electrons. The summed E-state index contributed by atoms with van der Waals surface area (Å²) < 4.78 is 28.3. The molecule has 26 heavy (non-hydrogen) atoms. The second kappa shape index (κ2) is 7.23. The van der Waals surface area contributed by atoms with Crippen LogP contribution >= 0.6 is 0 Å². The van der Waals surface area contributed by atoms with Gasteiger partial charge in [-0.1, -0.05) is 56.3 Å². The van der Waals surface area contributed by atoms with E-state index in [2.05, 4.69) is 26.0 Å². The Balaban J connectivity index is 1.64. The molecule has 4 nitrogen and oxygen atoms in total. The first-order valence-electron chi connectivity index (χ1n) is 8.83. The highest BCUT2D eigenvalue weighted by atomic mass is 32.2. The van der Waals surface area contributed by atoms with E-state index in [9.17, 15) is 13.2 Å². The number of sulfone groups is 1. The quantitative estimate of drug-likeness (QED) is 0.592. The number of hydrogen-bond donors (Lipinski definition) is 0. The fourth-order valence-electron chi connectivity index (χ4n) is 3.40. The van der Waals surface area contributed by atoms with Crippen molar-refractivity contribution in [2.24, 2.45) is 5.92 Å². The van der Waals surface area contributed by atoms with Gasteiger partial charge in [0.1, 0.15) is 5.75 Å². The summed E-state index contributed by atoms with van der Waals surface area (Å²) in [7, 11) is -2.97. The van der Waals surface area contributed by atoms with Crippen molar-refractivity contribution >= 4 is 15.8 Å². The molecule has 1 saturated heterocycles. The molecule has 0 saturated carbocycles. The third-order valence-corrected chi connectivity index (χ3v) is 6.92. The third-order valence-electron chi connectivity index (χ3n) is 5.09. The van der Waals surface area contributed by atoms with E-state index in [1.807, 2.05) is 30.3 Å². The van der Waals surface area contributed by atoms with E-state index in [4.69, 9.17) is 4.74 Å². The van der Waals surface area contributed by atoms with Crippen molar-refractivity contribution in [1.29, 1.82) is 0 Å². The number of rotatable bonds is 5. The van der Waals surface area contributed by atoms with Crippen LogP contribution in [-0.4, -0.2) is 25.9 Å². The maximum Gasteiger partial charge on any atom is 0.311 e. The number of benzene rings is 2. The van der Waals surface area contributed by atoms with Crippen molar-refractivity contribution in [3.8, 4) is 5.75 Å². The van der Waals surface area contributed by atoms with Gasteiger partial charge >= 0.3 is 5.97 Å². The average Bonchev–Trinajstić information content (AvgIpc) is 2.94. The molecule has 5 heteroatoms. The maximum absolute atomic E-state index is 12.1. The van der Waals surface area contributed by atoms with E-state index in [1.54, 1.807) is 12.1 Å². The molecule has 138 valence electrons. The summed E-state index contributed by atoms with van der Waals surface area (Å²) in [5, 5.41) is 0. The molecule has 2 aromatic carbocycles. The smallest absolute Gasteiger partial charge is 0.311 e. The SMILES string of the molecule is CC(C)(c1ccccc1)c1ccc(OC(=O)C[C@@H]2CCS(=O)(=O)C2)cc1. The zero-order valence-electron chi connectivity index (χ0n) is 15.1. The molecule has 0 N–H and O–H groups in total. The van der Waals surface area contributed by atoms with Crippen molar-refractivity contribution in [2.75, 3.05) is 11.5 Å². The molecule has 0 aromatic heterocycles. The lowest BCUT2D eigenvalue weighted by Crippen LogP contribution is -2.19. The van der Waals surface area contributed by atoms with Gasteiger partial charge in [-0.25, -0.2) is 8.42 Å². The molecular formula is C21H24O4S. The average molecular weight is 372 g/mol. The van der Waals surface area contributed by atoms with Gasteiger partial charge in [-0.15, -0.1) is 0 Å². The monoisotopic (exact) mass is 372 g/mol. The van der Waals surface area contributed by atoms with Crippen LogP contribution in [0.2, 0.25) is 0 Å². The predicted molar refractivity (Wildman–Crippen MR) is 102 cm³/mol. The molecule has 1 heterocycles. The fraction of sp³-hybridized carbons (Fsp3) is 0.381. The predicted octanol–water partition coefficient (Wildman–Crippen LogP) is 3.74. The summed E-state index contributed by atoms with van der Waals surface area (Å²) in [5.41, 5.74) is 2.19. The van der Waals surface area contributed by atoms with Crippen molar-refractivity contribution in [1.82, 2.24) is 0 Å². The second-order valence-corrected chi connectivity index (χ2v) is 9.69. The number of hydrogen-bond acceptors (Lipinski definition) is 4. The maximum atomic E-state index is 12.1. The Morgan fingerprint density at radius 1 is 1.04 bits per heavy atom. The lowest BCUT2D eigenvalue weighted by molar-refractivity contribution is -0.135. The van der Waals surface area contributed by atoms with Gasteiger partial charge in [0.2, 0.25) is 0 Å². The van der Waals surface area contributed by atoms with Crippen LogP contribution in [0.15, 0.2) is 54.6 Å². The lowest BCUT2D eigenvalue weighted by atomic mass is 9.78. The van der Waals surface area contributed by atoms with Crippen LogP contribution < -0.4 is 4.74 Å². The standard InChI is InChI=1S/C21H24O4S/c1-21(2,17-6-4-3-5-7-17)18-8-10-19(11-9-18)25-20(22)14-16-12-13-26(23,24)15-16/h3-11,16H,12-15H2,1-2H3/t16-/m0/s1. The van der Waals surface area contributed by atoms with E-state index in [0.717, 1.165) is 5.56 Å². The Hall–Kier alpha value is -2.14. The van der Waals surface area contributed by atoms with Gasteiger partial charge in [0.25, 0.3) is 0 Å². The van der Waals surface area contributed by atoms with Gasteiger partial charge in [-0.05, 0) is 35.6 Å². The van der Waals surface area contributed by atoms with E-state index < -0.39 is 9.84 Å². The lowest BCUT2D eigenvalue weighted by Gasteiger charge is -2.26. The third kappa shape index (κ3) is 4.33. The summed E-state index contributed by atoms with van der Waals surface area (Å²) >= 11 is 0. The molecule has 0 aliphatic carbocycles. The number of ether oxygens (including phenoxy) is 1. The fourth-order valence-corrected chi connectivity index (χ4v) is 5.26. The van der Waals surface area contributed by atoms with Crippen molar-refractivity contribution in [2.45, 2.75) is 32.1 Å². The van der Waals surface area contributed by atoms with Crippen LogP contribution in [-0.2, 0) is 20.0 Å². The van der Waals surface area contributed by atoms with Crippen LogP contribution in [0.1, 0.15) is 37.8 Å². The molecular weight excluding hydrogens is 348 g/mol. The Kier molecular flexibility index (Phi) is 5.19. The molecule has 1 aliphatic heterocycles. The van der Waals surface area contributed by atoms with Gasteiger partial charge in [-0.2, -0.15) is 0 Å². The van der Waals surface area contributed by atoms with Crippen LogP contribution in [0.25, 0.3) is 0 Å². The van der Waals surface area contributed by atoms with Crippen LogP contribution in [0.5, 0.6) is 5.75 Å². The molecule has 0 bridgehead atoms. The van der Waals surface area contributed by atoms with Crippen LogP contribution in [0.3, 0.4) is 0 Å². The molecule has 1 fully saturated rings. The molecule has 0 unspecified atom stereocenters. The first-order valence-corrected chi connectivity index (χ1v) is 10.7. The number of esters is 1. The first kappa shape index (κ1) is 18.6. The Morgan fingerprint density at radius 3 is 2.23 bits per heavy atom. The van der Waals surface area contributed by atoms with E-state index >= 15 is 0 Å². The highest BCUT2D eigenvalue weighted by Crippen LogP contribution is 2.32. The summed E-state index contributed by atoms with van der Waals surface area (Å²) in [6.07, 6.45) is 0.693. The van der Waals surface area contributed by atoms with Gasteiger partial charge in [0.15, 0.2) is 9.84 Å². The largest absolute Gasteiger partial charge is 0.427 e. The van der Waals surface area contributed by atoms with Crippen LogP contribution in [0, 0.1) is 5.92 Å². The van der Waals surface area contributed by atoms with Crippen molar-refractivity contribution in [3.63, 3.8) is 0 Å². The number of carbonyl (C=O) groups excluding carboxylic acids is 1. The van der Waals surface area contributed by atoms with E-state index in [-0.39, 0.29) is 35.2 Å². The summed E-state index contributed by atoms with van der Waals surface area (Å²) in [4.78, 5) is 12.1. The first-order chi connectivity index (χ1) is 12.3.